The summed E-state index contributed by atoms with van der Waals surface area (Å²) in [5, 5.41) is 8.40. The predicted octanol–water partition coefficient (Wildman–Crippen LogP) is 4.23. The number of nitriles is 1. The van der Waals surface area contributed by atoms with E-state index in [4.69, 9.17) is 5.26 Å². The topological polar surface area (TPSA) is 23.8 Å². The van der Waals surface area contributed by atoms with Crippen LogP contribution in [0.4, 0.5) is 0 Å². The van der Waals surface area contributed by atoms with Crippen LogP contribution in [0.2, 0.25) is 0 Å². The highest BCUT2D eigenvalue weighted by Crippen LogP contribution is 2.44. The number of unbranched alkanes of at least 4 members (excludes halogenated alkanes) is 1. The van der Waals surface area contributed by atoms with Gasteiger partial charge in [0.05, 0.1) is 6.07 Å². The maximum atomic E-state index is 8.40. The Bertz CT molecular complexity index is 302. The van der Waals surface area contributed by atoms with Gasteiger partial charge >= 0.3 is 0 Å². The standard InChI is InChI=1S/C14H21N/c1-12-9-10-13(14(12,2)3)8-6-4-5-7-11-15/h4,6,9,13H,5,7-8,10H2,1-3H3/b6-4+. The van der Waals surface area contributed by atoms with Crippen LogP contribution >= 0.6 is 0 Å². The monoisotopic (exact) mass is 203 g/mol. The normalized spacial score (nSPS) is 24.1. The highest BCUT2D eigenvalue weighted by Gasteiger charge is 2.33. The van der Waals surface area contributed by atoms with Crippen LogP contribution in [0.1, 0.15) is 46.5 Å². The molecular weight excluding hydrogens is 182 g/mol. The van der Waals surface area contributed by atoms with E-state index in [9.17, 15) is 0 Å². The molecule has 0 spiro atoms. The van der Waals surface area contributed by atoms with Gasteiger partial charge in [-0.25, -0.2) is 0 Å². The molecule has 15 heavy (non-hydrogen) atoms. The SMILES string of the molecule is CC1=CCC(C/C=C/CCC#N)C1(C)C. The summed E-state index contributed by atoms with van der Waals surface area (Å²) in [5.41, 5.74) is 1.89. The van der Waals surface area contributed by atoms with E-state index in [1.54, 1.807) is 0 Å². The molecule has 0 aromatic heterocycles. The third-order valence-corrected chi connectivity index (χ3v) is 3.76. The van der Waals surface area contributed by atoms with Crippen molar-refractivity contribution < 1.29 is 0 Å². The summed E-state index contributed by atoms with van der Waals surface area (Å²) in [4.78, 5) is 0. The maximum Gasteiger partial charge on any atom is 0.0624 e. The predicted molar refractivity (Wildman–Crippen MR) is 64.2 cm³/mol. The van der Waals surface area contributed by atoms with Gasteiger partial charge in [0.1, 0.15) is 0 Å². The van der Waals surface area contributed by atoms with Gasteiger partial charge in [0.25, 0.3) is 0 Å². The van der Waals surface area contributed by atoms with E-state index in [1.807, 2.05) is 0 Å². The van der Waals surface area contributed by atoms with Gasteiger partial charge in [-0.1, -0.05) is 37.6 Å². The fraction of sp³-hybridized carbons (Fsp3) is 0.643. The molecular formula is C14H21N. The van der Waals surface area contributed by atoms with E-state index in [0.717, 1.165) is 18.8 Å². The molecule has 1 aliphatic rings. The lowest BCUT2D eigenvalue weighted by Gasteiger charge is -2.28. The van der Waals surface area contributed by atoms with Crippen LogP contribution in [0.5, 0.6) is 0 Å². The minimum absolute atomic E-state index is 0.361. The minimum Gasteiger partial charge on any atom is -0.198 e. The van der Waals surface area contributed by atoms with E-state index in [0.29, 0.717) is 11.8 Å². The molecule has 1 heteroatoms. The van der Waals surface area contributed by atoms with Crippen molar-refractivity contribution in [3.8, 4) is 6.07 Å². The van der Waals surface area contributed by atoms with E-state index < -0.39 is 0 Å². The van der Waals surface area contributed by atoms with Gasteiger partial charge in [-0.3, -0.25) is 0 Å². The minimum atomic E-state index is 0.361. The molecule has 1 aliphatic carbocycles. The Balaban J connectivity index is 2.36. The van der Waals surface area contributed by atoms with Crippen molar-refractivity contribution in [2.75, 3.05) is 0 Å². The van der Waals surface area contributed by atoms with Crippen molar-refractivity contribution in [1.29, 1.82) is 5.26 Å². The molecule has 0 saturated carbocycles. The highest BCUT2D eigenvalue weighted by atomic mass is 14.4. The van der Waals surface area contributed by atoms with Gasteiger partial charge in [0, 0.05) is 6.42 Å². The van der Waals surface area contributed by atoms with Gasteiger partial charge in [0.2, 0.25) is 0 Å². The first kappa shape index (κ1) is 12.0. The van der Waals surface area contributed by atoms with Crippen LogP contribution < -0.4 is 0 Å². The van der Waals surface area contributed by atoms with Crippen LogP contribution in [0.3, 0.4) is 0 Å². The number of hydrogen-bond acceptors (Lipinski definition) is 1. The lowest BCUT2D eigenvalue weighted by atomic mass is 9.76. The third kappa shape index (κ3) is 2.96. The maximum absolute atomic E-state index is 8.40. The molecule has 0 aromatic carbocycles. The van der Waals surface area contributed by atoms with E-state index in [2.05, 4.69) is 45.1 Å². The van der Waals surface area contributed by atoms with Crippen LogP contribution in [0.25, 0.3) is 0 Å². The van der Waals surface area contributed by atoms with Crippen molar-refractivity contribution in [1.82, 2.24) is 0 Å². The van der Waals surface area contributed by atoms with Crippen molar-refractivity contribution in [3.05, 3.63) is 23.8 Å². The molecule has 0 saturated heterocycles. The molecule has 0 fully saturated rings. The summed E-state index contributed by atoms with van der Waals surface area (Å²) in [7, 11) is 0. The van der Waals surface area contributed by atoms with Crippen LogP contribution in [0.15, 0.2) is 23.8 Å². The quantitative estimate of drug-likeness (QED) is 0.495. The van der Waals surface area contributed by atoms with Gasteiger partial charge in [-0.15, -0.1) is 0 Å². The number of allylic oxidation sites excluding steroid dienone is 4. The first-order valence-electron chi connectivity index (χ1n) is 5.78. The summed E-state index contributed by atoms with van der Waals surface area (Å²) >= 11 is 0. The zero-order chi connectivity index (χ0) is 11.3. The molecule has 0 aliphatic heterocycles. The lowest BCUT2D eigenvalue weighted by molar-refractivity contribution is 0.294. The molecule has 1 atom stereocenters. The Hall–Kier alpha value is -1.03. The average Bonchev–Trinajstić information content (AvgIpc) is 2.44. The largest absolute Gasteiger partial charge is 0.198 e. The molecule has 1 unspecified atom stereocenters. The molecule has 0 N–H and O–H groups in total. The summed E-state index contributed by atoms with van der Waals surface area (Å²) in [6.07, 6.45) is 10.7. The van der Waals surface area contributed by atoms with Gasteiger partial charge < -0.3 is 0 Å². The molecule has 0 amide bonds. The van der Waals surface area contributed by atoms with Gasteiger partial charge in [-0.2, -0.15) is 5.26 Å². The van der Waals surface area contributed by atoms with E-state index in [1.165, 1.54) is 12.0 Å². The number of hydrogen-bond donors (Lipinski definition) is 0. The molecule has 1 rings (SSSR count). The van der Waals surface area contributed by atoms with Crippen LogP contribution in [-0.4, -0.2) is 0 Å². The zero-order valence-corrected chi connectivity index (χ0v) is 10.1. The Kier molecular flexibility index (Phi) is 4.15. The van der Waals surface area contributed by atoms with Crippen LogP contribution in [0, 0.1) is 22.7 Å². The lowest BCUT2D eigenvalue weighted by Crippen LogP contribution is -2.19. The molecule has 0 bridgehead atoms. The van der Waals surface area contributed by atoms with E-state index >= 15 is 0 Å². The summed E-state index contributed by atoms with van der Waals surface area (Å²) in [6.45, 7) is 6.90. The summed E-state index contributed by atoms with van der Waals surface area (Å²) in [5.74, 6) is 0.746. The fourth-order valence-corrected chi connectivity index (χ4v) is 2.12. The Morgan fingerprint density at radius 3 is 2.80 bits per heavy atom. The molecule has 0 heterocycles. The smallest absolute Gasteiger partial charge is 0.0624 e. The molecule has 1 nitrogen and oxygen atoms in total. The van der Waals surface area contributed by atoms with Crippen molar-refractivity contribution in [2.24, 2.45) is 11.3 Å². The summed E-state index contributed by atoms with van der Waals surface area (Å²) in [6, 6.07) is 2.16. The second-order valence-electron chi connectivity index (χ2n) is 4.95. The number of nitrogens with zero attached hydrogens (tertiary/aromatic N) is 1. The van der Waals surface area contributed by atoms with Crippen molar-refractivity contribution in [2.45, 2.75) is 46.5 Å². The fourth-order valence-electron chi connectivity index (χ4n) is 2.12. The first-order chi connectivity index (χ1) is 7.09. The van der Waals surface area contributed by atoms with Crippen molar-refractivity contribution >= 4 is 0 Å². The second kappa shape index (κ2) is 5.16. The zero-order valence-electron chi connectivity index (χ0n) is 10.1. The average molecular weight is 203 g/mol. The van der Waals surface area contributed by atoms with Crippen molar-refractivity contribution in [3.63, 3.8) is 0 Å². The van der Waals surface area contributed by atoms with Gasteiger partial charge in [-0.05, 0) is 37.5 Å². The van der Waals surface area contributed by atoms with Gasteiger partial charge in [0.15, 0.2) is 0 Å². The highest BCUT2D eigenvalue weighted by molar-refractivity contribution is 5.18. The second-order valence-corrected chi connectivity index (χ2v) is 4.95. The first-order valence-corrected chi connectivity index (χ1v) is 5.78. The Morgan fingerprint density at radius 1 is 1.53 bits per heavy atom. The molecule has 82 valence electrons. The van der Waals surface area contributed by atoms with Crippen LogP contribution in [-0.2, 0) is 0 Å². The Morgan fingerprint density at radius 2 is 2.27 bits per heavy atom. The molecule has 0 radical (unpaired) electrons. The van der Waals surface area contributed by atoms with E-state index in [-0.39, 0.29) is 0 Å². The Labute approximate surface area is 93.5 Å². The molecule has 0 aromatic rings. The third-order valence-electron chi connectivity index (χ3n) is 3.76. The number of rotatable bonds is 4. The summed E-state index contributed by atoms with van der Waals surface area (Å²) < 4.78 is 0.